The number of benzene rings is 4. The zero-order valence-electron chi connectivity index (χ0n) is 26.8. The van der Waals surface area contributed by atoms with E-state index in [0.717, 1.165) is 62.2 Å². The van der Waals surface area contributed by atoms with E-state index in [1.807, 2.05) is 153 Å². The number of fused-ring (bicyclic) bond motifs is 2. The van der Waals surface area contributed by atoms with Crippen molar-refractivity contribution in [2.75, 3.05) is 22.6 Å². The van der Waals surface area contributed by atoms with Crippen LogP contribution < -0.4 is 15.5 Å². The van der Waals surface area contributed by atoms with Gasteiger partial charge in [-0.05, 0) is 50.2 Å². The maximum atomic E-state index is 4.73. The SMILES string of the molecule is Cc1cc(Nc2nc(N(C)c3ccccc3)nc3ccccc23)n[nH]1.Cc1cc(Nc2ncnc3ccccc23)n[nH]1.c1ccccc1. The van der Waals surface area contributed by atoms with Crippen LogP contribution in [0.4, 0.5) is 34.9 Å². The van der Waals surface area contributed by atoms with Crippen molar-refractivity contribution >= 4 is 56.7 Å². The second kappa shape index (κ2) is 15.1. The van der Waals surface area contributed by atoms with Crippen LogP contribution in [0.15, 0.2) is 134 Å². The van der Waals surface area contributed by atoms with E-state index in [1.54, 1.807) is 6.33 Å². The molecule has 0 atom stereocenters. The van der Waals surface area contributed by atoms with Gasteiger partial charge in [-0.25, -0.2) is 15.0 Å². The molecule has 0 saturated carbocycles. The first-order valence-corrected chi connectivity index (χ1v) is 15.4. The molecule has 0 fully saturated rings. The number of hydrogen-bond acceptors (Lipinski definition) is 9. The summed E-state index contributed by atoms with van der Waals surface area (Å²) >= 11 is 0. The van der Waals surface area contributed by atoms with Crippen molar-refractivity contribution < 1.29 is 0 Å². The molecule has 0 saturated heterocycles. The van der Waals surface area contributed by atoms with Crippen molar-refractivity contribution in [3.8, 4) is 0 Å². The van der Waals surface area contributed by atoms with Gasteiger partial charge >= 0.3 is 0 Å². The third-order valence-electron chi connectivity index (χ3n) is 7.15. The summed E-state index contributed by atoms with van der Waals surface area (Å²) in [6.45, 7) is 3.92. The maximum absolute atomic E-state index is 4.73. The number of anilines is 6. The Morgan fingerprint density at radius 3 is 1.62 bits per heavy atom. The molecule has 0 bridgehead atoms. The largest absolute Gasteiger partial charge is 0.323 e. The highest BCUT2D eigenvalue weighted by atomic mass is 15.3. The summed E-state index contributed by atoms with van der Waals surface area (Å²) in [6.07, 6.45) is 1.55. The van der Waals surface area contributed by atoms with Crippen molar-refractivity contribution in [3.05, 3.63) is 145 Å². The molecule has 11 heteroatoms. The lowest BCUT2D eigenvalue weighted by molar-refractivity contribution is 1.04. The fourth-order valence-corrected chi connectivity index (χ4v) is 4.77. The minimum Gasteiger partial charge on any atom is -0.323 e. The molecule has 0 aliphatic carbocycles. The van der Waals surface area contributed by atoms with Gasteiger partial charge < -0.3 is 15.5 Å². The first-order valence-electron chi connectivity index (χ1n) is 15.4. The first kappa shape index (κ1) is 31.4. The van der Waals surface area contributed by atoms with Gasteiger partial charge in [-0.2, -0.15) is 15.2 Å². The smallest absolute Gasteiger partial charge is 0.232 e. The summed E-state index contributed by atoms with van der Waals surface area (Å²) < 4.78 is 0. The molecule has 48 heavy (non-hydrogen) atoms. The van der Waals surface area contributed by atoms with Crippen molar-refractivity contribution in [1.82, 2.24) is 40.3 Å². The van der Waals surface area contributed by atoms with Crippen LogP contribution in [-0.2, 0) is 0 Å². The molecule has 0 radical (unpaired) electrons. The van der Waals surface area contributed by atoms with Gasteiger partial charge in [0.2, 0.25) is 5.95 Å². The molecule has 11 nitrogen and oxygen atoms in total. The van der Waals surface area contributed by atoms with Gasteiger partial charge in [0.05, 0.1) is 11.0 Å². The van der Waals surface area contributed by atoms with Crippen molar-refractivity contribution in [2.45, 2.75) is 13.8 Å². The topological polar surface area (TPSA) is 136 Å². The van der Waals surface area contributed by atoms with E-state index in [4.69, 9.17) is 9.97 Å². The van der Waals surface area contributed by atoms with Crippen molar-refractivity contribution in [1.29, 1.82) is 0 Å². The zero-order valence-corrected chi connectivity index (χ0v) is 26.8. The molecule has 4 N–H and O–H groups in total. The average molecular weight is 634 g/mol. The predicted octanol–water partition coefficient (Wildman–Crippen LogP) is 8.26. The molecular weight excluding hydrogens is 598 g/mol. The number of aromatic amines is 2. The number of rotatable bonds is 6. The minimum atomic E-state index is 0.625. The number of aromatic nitrogens is 8. The molecule has 4 aromatic heterocycles. The maximum Gasteiger partial charge on any atom is 0.232 e. The van der Waals surface area contributed by atoms with Crippen molar-refractivity contribution in [3.63, 3.8) is 0 Å². The summed E-state index contributed by atoms with van der Waals surface area (Å²) in [5, 5.41) is 22.6. The molecule has 8 aromatic rings. The number of para-hydroxylation sites is 3. The van der Waals surface area contributed by atoms with Gasteiger partial charge in [0.1, 0.15) is 18.0 Å². The van der Waals surface area contributed by atoms with Crippen LogP contribution in [0.25, 0.3) is 21.8 Å². The lowest BCUT2D eigenvalue weighted by atomic mass is 10.2. The Morgan fingerprint density at radius 2 is 1.04 bits per heavy atom. The van der Waals surface area contributed by atoms with E-state index in [9.17, 15) is 0 Å². The predicted molar refractivity (Wildman–Crippen MR) is 193 cm³/mol. The molecule has 4 heterocycles. The third kappa shape index (κ3) is 7.96. The van der Waals surface area contributed by atoms with Crippen LogP contribution in [0.1, 0.15) is 11.4 Å². The molecule has 0 unspecified atom stereocenters. The summed E-state index contributed by atoms with van der Waals surface area (Å²) in [5.74, 6) is 3.61. The molecule has 0 amide bonds. The highest BCUT2D eigenvalue weighted by Crippen LogP contribution is 2.28. The quantitative estimate of drug-likeness (QED) is 0.143. The van der Waals surface area contributed by atoms with Crippen LogP contribution >= 0.6 is 0 Å². The Labute approximate surface area is 278 Å². The highest BCUT2D eigenvalue weighted by Gasteiger charge is 2.13. The number of H-pyrrole nitrogens is 2. The van der Waals surface area contributed by atoms with Gasteiger partial charge in [-0.3, -0.25) is 10.2 Å². The number of nitrogens with one attached hydrogen (secondary N) is 4. The summed E-state index contributed by atoms with van der Waals surface area (Å²) in [6, 6.07) is 41.7. The van der Waals surface area contributed by atoms with Gasteiger partial charge in [0.15, 0.2) is 11.6 Å². The fraction of sp³-hybridized carbons (Fsp3) is 0.0811. The minimum absolute atomic E-state index is 0.625. The molecule has 0 aliphatic rings. The molecule has 238 valence electrons. The van der Waals surface area contributed by atoms with Gasteiger partial charge in [-0.15, -0.1) is 0 Å². The first-order chi connectivity index (χ1) is 23.5. The van der Waals surface area contributed by atoms with Crippen LogP contribution in [0, 0.1) is 13.8 Å². The highest BCUT2D eigenvalue weighted by molar-refractivity contribution is 5.92. The van der Waals surface area contributed by atoms with E-state index in [1.165, 1.54) is 0 Å². The normalized spacial score (nSPS) is 10.4. The molecule has 8 rings (SSSR count). The van der Waals surface area contributed by atoms with Gasteiger partial charge in [0.25, 0.3) is 0 Å². The standard InChI is InChI=1S/C19H18N6.C12H11N5.C6H6/c1-13-12-17(24-23-13)21-18-15-10-6-7-11-16(15)20-19(22-18)25(2)14-8-4-3-5-9-14;1-8-6-11(17-16-8)15-12-9-4-2-3-5-10(9)13-7-14-12;1-2-4-6-5-3-1/h3-12H,1-2H3,(H2,20,21,22,23,24);2-7H,1H3,(H2,13,14,15,16,17);1-6H. The summed E-state index contributed by atoms with van der Waals surface area (Å²) in [5.41, 5.74) is 4.81. The van der Waals surface area contributed by atoms with Crippen LogP contribution in [0.3, 0.4) is 0 Å². The summed E-state index contributed by atoms with van der Waals surface area (Å²) in [4.78, 5) is 19.8. The lowest BCUT2D eigenvalue weighted by Gasteiger charge is -2.19. The van der Waals surface area contributed by atoms with E-state index in [2.05, 4.69) is 41.0 Å². The zero-order chi connectivity index (χ0) is 33.1. The monoisotopic (exact) mass is 633 g/mol. The van der Waals surface area contributed by atoms with Gasteiger partial charge in [0, 0.05) is 47.0 Å². The van der Waals surface area contributed by atoms with Crippen molar-refractivity contribution in [2.24, 2.45) is 0 Å². The van der Waals surface area contributed by atoms with E-state index in [0.29, 0.717) is 5.95 Å². The number of hydrogen-bond donors (Lipinski definition) is 4. The third-order valence-corrected chi connectivity index (χ3v) is 7.15. The Bertz CT molecular complexity index is 2160. The summed E-state index contributed by atoms with van der Waals surface area (Å²) in [7, 11) is 1.96. The van der Waals surface area contributed by atoms with Crippen LogP contribution in [0.2, 0.25) is 0 Å². The number of aryl methyl sites for hydroxylation is 2. The average Bonchev–Trinajstić information content (AvgIpc) is 3.76. The molecule has 0 spiro atoms. The van der Waals surface area contributed by atoms with Gasteiger partial charge in [-0.1, -0.05) is 78.9 Å². The Kier molecular flexibility index (Phi) is 9.87. The number of nitrogens with zero attached hydrogens (tertiary/aromatic N) is 7. The Balaban J connectivity index is 0.000000149. The van der Waals surface area contributed by atoms with Crippen LogP contribution in [0.5, 0.6) is 0 Å². The molecule has 4 aromatic carbocycles. The van der Waals surface area contributed by atoms with E-state index in [-0.39, 0.29) is 0 Å². The molecule has 0 aliphatic heterocycles. The van der Waals surface area contributed by atoms with Crippen LogP contribution in [-0.4, -0.2) is 47.4 Å². The van der Waals surface area contributed by atoms with E-state index >= 15 is 0 Å². The second-order valence-electron chi connectivity index (χ2n) is 10.8. The molecular formula is C37H35N11. The lowest BCUT2D eigenvalue weighted by Crippen LogP contribution is -2.14. The second-order valence-corrected chi connectivity index (χ2v) is 10.8. The fourth-order valence-electron chi connectivity index (χ4n) is 4.77. The Morgan fingerprint density at radius 1 is 0.542 bits per heavy atom. The Hall–Kier alpha value is -6.62. The van der Waals surface area contributed by atoms with E-state index < -0.39 is 0 Å².